The Balaban J connectivity index is 1.52. The van der Waals surface area contributed by atoms with E-state index in [2.05, 4.69) is 55.4 Å². The average Bonchev–Trinajstić information content (AvgIpc) is 3.29. The zero-order valence-electron chi connectivity index (χ0n) is 14.6. The van der Waals surface area contributed by atoms with E-state index in [1.807, 2.05) is 4.90 Å². The van der Waals surface area contributed by atoms with Crippen LogP contribution in [0.25, 0.3) is 0 Å². The third-order valence-electron chi connectivity index (χ3n) is 5.63. The van der Waals surface area contributed by atoms with Crippen LogP contribution in [0.4, 0.5) is 5.69 Å². The second kappa shape index (κ2) is 6.52. The van der Waals surface area contributed by atoms with Crippen LogP contribution in [0.3, 0.4) is 0 Å². The number of likely N-dealkylation sites (N-methyl/N-ethyl adjacent to an activating group) is 1. The number of piperazine rings is 1. The fraction of sp³-hybridized carbons (Fsp3) is 0.632. The van der Waals surface area contributed by atoms with Gasteiger partial charge in [-0.3, -0.25) is 4.79 Å². The maximum Gasteiger partial charge on any atom is 0.227 e. The molecule has 1 amide bonds. The summed E-state index contributed by atoms with van der Waals surface area (Å²) in [6, 6.07) is 8.88. The number of amides is 1. The van der Waals surface area contributed by atoms with E-state index < -0.39 is 0 Å². The van der Waals surface area contributed by atoms with E-state index in [1.54, 1.807) is 0 Å². The molecule has 4 nitrogen and oxygen atoms in total. The van der Waals surface area contributed by atoms with Gasteiger partial charge in [0, 0.05) is 37.9 Å². The second-order valence-electron chi connectivity index (χ2n) is 7.58. The Labute approximate surface area is 139 Å². The Morgan fingerprint density at radius 3 is 2.35 bits per heavy atom. The fourth-order valence-corrected chi connectivity index (χ4v) is 3.12. The van der Waals surface area contributed by atoms with Gasteiger partial charge in [-0.2, -0.15) is 0 Å². The van der Waals surface area contributed by atoms with Crippen LogP contribution in [-0.4, -0.2) is 55.0 Å². The Morgan fingerprint density at radius 1 is 1.17 bits per heavy atom. The fourth-order valence-electron chi connectivity index (χ4n) is 3.12. The van der Waals surface area contributed by atoms with E-state index in [1.165, 1.54) is 12.8 Å². The molecule has 0 unspecified atom stereocenters. The Kier molecular flexibility index (Phi) is 4.62. The zero-order valence-corrected chi connectivity index (χ0v) is 14.6. The highest BCUT2D eigenvalue weighted by Gasteiger charge is 2.42. The van der Waals surface area contributed by atoms with Crippen molar-refractivity contribution in [2.45, 2.75) is 39.2 Å². The standard InChI is InChI=1S/C19H29N3O/c1-15(19(2)8-9-19)20-17-6-4-16(5-7-17)14-18(23)22-12-10-21(3)11-13-22/h4-7,15,20H,8-14H2,1-3H3/t15-/m1/s1. The lowest BCUT2D eigenvalue weighted by Crippen LogP contribution is -2.47. The lowest BCUT2D eigenvalue weighted by atomic mass is 10.0. The molecule has 1 aromatic carbocycles. The summed E-state index contributed by atoms with van der Waals surface area (Å²) in [5.74, 6) is 0.248. The van der Waals surface area contributed by atoms with Gasteiger partial charge in [0.25, 0.3) is 0 Å². The first-order valence-electron chi connectivity index (χ1n) is 8.78. The third kappa shape index (κ3) is 4.05. The molecule has 0 bridgehead atoms. The van der Waals surface area contributed by atoms with Gasteiger partial charge in [-0.25, -0.2) is 0 Å². The molecule has 1 heterocycles. The molecule has 3 rings (SSSR count). The van der Waals surface area contributed by atoms with Crippen LogP contribution in [0.15, 0.2) is 24.3 Å². The summed E-state index contributed by atoms with van der Waals surface area (Å²) in [5, 5.41) is 3.59. The van der Waals surface area contributed by atoms with Crippen molar-refractivity contribution < 1.29 is 4.79 Å². The molecule has 0 radical (unpaired) electrons. The first-order chi connectivity index (χ1) is 11.0. The van der Waals surface area contributed by atoms with E-state index in [0.29, 0.717) is 17.9 Å². The maximum atomic E-state index is 12.4. The molecule has 0 spiro atoms. The van der Waals surface area contributed by atoms with Gasteiger partial charge in [0.15, 0.2) is 0 Å². The Hall–Kier alpha value is -1.55. The van der Waals surface area contributed by atoms with Crippen molar-refractivity contribution >= 4 is 11.6 Å². The van der Waals surface area contributed by atoms with Crippen LogP contribution in [0.2, 0.25) is 0 Å². The summed E-state index contributed by atoms with van der Waals surface area (Å²) in [6.45, 7) is 8.26. The van der Waals surface area contributed by atoms with Gasteiger partial charge in [0.2, 0.25) is 5.91 Å². The topological polar surface area (TPSA) is 35.6 Å². The Morgan fingerprint density at radius 2 is 1.78 bits per heavy atom. The smallest absolute Gasteiger partial charge is 0.227 e. The summed E-state index contributed by atoms with van der Waals surface area (Å²) >= 11 is 0. The molecule has 0 aromatic heterocycles. The summed E-state index contributed by atoms with van der Waals surface area (Å²) in [5.41, 5.74) is 2.72. The molecule has 1 atom stereocenters. The zero-order chi connectivity index (χ0) is 16.4. The number of anilines is 1. The number of carbonyl (C=O) groups is 1. The van der Waals surface area contributed by atoms with Crippen LogP contribution in [0, 0.1) is 5.41 Å². The van der Waals surface area contributed by atoms with Crippen molar-refractivity contribution in [1.82, 2.24) is 9.80 Å². The summed E-state index contributed by atoms with van der Waals surface area (Å²) in [4.78, 5) is 16.6. The average molecular weight is 315 g/mol. The molecule has 1 N–H and O–H groups in total. The van der Waals surface area contributed by atoms with Crippen molar-refractivity contribution in [3.8, 4) is 0 Å². The molecule has 1 aliphatic carbocycles. The summed E-state index contributed by atoms with van der Waals surface area (Å²) in [7, 11) is 2.11. The first-order valence-corrected chi connectivity index (χ1v) is 8.78. The molecule has 1 aromatic rings. The van der Waals surface area contributed by atoms with E-state index in [0.717, 1.165) is 37.4 Å². The predicted molar refractivity (Wildman–Crippen MR) is 94.6 cm³/mol. The molecule has 2 fully saturated rings. The number of nitrogens with zero attached hydrogens (tertiary/aromatic N) is 2. The highest BCUT2D eigenvalue weighted by molar-refractivity contribution is 5.79. The van der Waals surface area contributed by atoms with Crippen LogP contribution in [0.1, 0.15) is 32.3 Å². The SMILES string of the molecule is C[C@@H](Nc1ccc(CC(=O)N2CCN(C)CC2)cc1)C1(C)CC1. The van der Waals surface area contributed by atoms with Crippen molar-refractivity contribution in [2.75, 3.05) is 38.5 Å². The molecule has 1 aliphatic heterocycles. The van der Waals surface area contributed by atoms with Crippen molar-refractivity contribution in [3.63, 3.8) is 0 Å². The molecule has 126 valence electrons. The van der Waals surface area contributed by atoms with Crippen LogP contribution < -0.4 is 5.32 Å². The lowest BCUT2D eigenvalue weighted by molar-refractivity contribution is -0.132. The number of hydrogen-bond donors (Lipinski definition) is 1. The molecule has 2 aliphatic rings. The third-order valence-corrected chi connectivity index (χ3v) is 5.63. The van der Waals surface area contributed by atoms with Gasteiger partial charge >= 0.3 is 0 Å². The highest BCUT2D eigenvalue weighted by atomic mass is 16.2. The van der Waals surface area contributed by atoms with E-state index in [4.69, 9.17) is 0 Å². The van der Waals surface area contributed by atoms with Gasteiger partial charge in [-0.05, 0) is 49.9 Å². The molecule has 1 saturated carbocycles. The number of hydrogen-bond acceptors (Lipinski definition) is 3. The molecular weight excluding hydrogens is 286 g/mol. The minimum absolute atomic E-state index is 0.248. The molecular formula is C19H29N3O. The lowest BCUT2D eigenvalue weighted by Gasteiger charge is -2.32. The van der Waals surface area contributed by atoms with Gasteiger partial charge in [0.1, 0.15) is 0 Å². The number of carbonyl (C=O) groups excluding carboxylic acids is 1. The van der Waals surface area contributed by atoms with Gasteiger partial charge in [-0.15, -0.1) is 0 Å². The maximum absolute atomic E-state index is 12.4. The Bertz CT molecular complexity index is 542. The van der Waals surface area contributed by atoms with Gasteiger partial charge in [0.05, 0.1) is 6.42 Å². The summed E-state index contributed by atoms with van der Waals surface area (Å²) in [6.07, 6.45) is 3.15. The van der Waals surface area contributed by atoms with Gasteiger partial charge in [-0.1, -0.05) is 19.1 Å². The number of rotatable bonds is 5. The second-order valence-corrected chi connectivity index (χ2v) is 7.58. The van der Waals surface area contributed by atoms with Crippen LogP contribution >= 0.6 is 0 Å². The van der Waals surface area contributed by atoms with Crippen molar-refractivity contribution in [3.05, 3.63) is 29.8 Å². The van der Waals surface area contributed by atoms with Crippen molar-refractivity contribution in [1.29, 1.82) is 0 Å². The predicted octanol–water partition coefficient (Wildman–Crippen LogP) is 2.60. The minimum Gasteiger partial charge on any atom is -0.382 e. The number of nitrogens with one attached hydrogen (secondary N) is 1. The largest absolute Gasteiger partial charge is 0.382 e. The summed E-state index contributed by atoms with van der Waals surface area (Å²) < 4.78 is 0. The highest BCUT2D eigenvalue weighted by Crippen LogP contribution is 2.48. The normalized spacial score (nSPS) is 21.8. The van der Waals surface area contributed by atoms with E-state index in [-0.39, 0.29) is 5.91 Å². The quantitative estimate of drug-likeness (QED) is 0.907. The van der Waals surface area contributed by atoms with E-state index in [9.17, 15) is 4.79 Å². The molecule has 23 heavy (non-hydrogen) atoms. The molecule has 1 saturated heterocycles. The first kappa shape index (κ1) is 16.3. The minimum atomic E-state index is 0.248. The molecule has 4 heteroatoms. The van der Waals surface area contributed by atoms with Crippen LogP contribution in [-0.2, 0) is 11.2 Å². The number of benzene rings is 1. The van der Waals surface area contributed by atoms with Crippen molar-refractivity contribution in [2.24, 2.45) is 5.41 Å². The monoisotopic (exact) mass is 315 g/mol. The van der Waals surface area contributed by atoms with Gasteiger partial charge < -0.3 is 15.1 Å². The van der Waals surface area contributed by atoms with E-state index >= 15 is 0 Å². The van der Waals surface area contributed by atoms with Crippen LogP contribution in [0.5, 0.6) is 0 Å².